The number of alkyl carbamates (subject to hydrolysis) is 1. The second-order valence-electron chi connectivity index (χ2n) is 13.1. The summed E-state index contributed by atoms with van der Waals surface area (Å²) in [5, 5.41) is 5.78. The lowest BCUT2D eigenvalue weighted by Crippen LogP contribution is -2.55. The monoisotopic (exact) mass is 686 g/mol. The molecule has 1 heterocycles. The molecule has 2 amide bonds. The first-order valence-electron chi connectivity index (χ1n) is 16.8. The molecule has 1 aliphatic rings. The quantitative estimate of drug-likeness (QED) is 0.107. The predicted octanol–water partition coefficient (Wildman–Crippen LogP) is 7.66. The SMILES string of the molecule is CCOC(OCC)C(C)N(Cc1csc2ccccc12)C(=O)C(CC(=O)OC(C)(C)C)NC(=O)OCC1c2ccccc2-c2ccccc21. The van der Waals surface area contributed by atoms with E-state index in [0.29, 0.717) is 13.2 Å². The topological polar surface area (TPSA) is 103 Å². The van der Waals surface area contributed by atoms with Crippen molar-refractivity contribution in [2.24, 2.45) is 0 Å². The van der Waals surface area contributed by atoms with Crippen LogP contribution >= 0.6 is 11.3 Å². The molecule has 1 aliphatic carbocycles. The summed E-state index contributed by atoms with van der Waals surface area (Å²) in [5.41, 5.74) is 4.50. The van der Waals surface area contributed by atoms with E-state index in [-0.39, 0.29) is 25.5 Å². The highest BCUT2D eigenvalue weighted by molar-refractivity contribution is 7.17. The Morgan fingerprint density at radius 2 is 1.47 bits per heavy atom. The molecule has 2 atom stereocenters. The number of fused-ring (bicyclic) bond motifs is 4. The van der Waals surface area contributed by atoms with Crippen LogP contribution in [0.15, 0.2) is 78.2 Å². The van der Waals surface area contributed by atoms with Gasteiger partial charge >= 0.3 is 12.1 Å². The van der Waals surface area contributed by atoms with Crippen LogP contribution in [0.4, 0.5) is 4.79 Å². The van der Waals surface area contributed by atoms with Gasteiger partial charge in [0, 0.05) is 30.4 Å². The first-order chi connectivity index (χ1) is 23.5. The van der Waals surface area contributed by atoms with Crippen molar-refractivity contribution in [2.45, 2.75) is 84.4 Å². The van der Waals surface area contributed by atoms with Crippen LogP contribution in [-0.2, 0) is 35.1 Å². The number of amides is 2. The smallest absolute Gasteiger partial charge is 0.407 e. The Balaban J connectivity index is 1.41. The molecule has 10 heteroatoms. The van der Waals surface area contributed by atoms with Crippen LogP contribution in [0, 0.1) is 0 Å². The minimum Gasteiger partial charge on any atom is -0.460 e. The van der Waals surface area contributed by atoms with Gasteiger partial charge in [0.1, 0.15) is 18.2 Å². The van der Waals surface area contributed by atoms with Crippen molar-refractivity contribution >= 4 is 39.4 Å². The lowest BCUT2D eigenvalue weighted by Gasteiger charge is -2.36. The zero-order chi connectivity index (χ0) is 35.1. The molecule has 9 nitrogen and oxygen atoms in total. The van der Waals surface area contributed by atoms with Crippen LogP contribution in [-0.4, -0.2) is 66.7 Å². The Morgan fingerprint density at radius 3 is 2.08 bits per heavy atom. The van der Waals surface area contributed by atoms with Crippen molar-refractivity contribution in [3.05, 3.63) is 94.9 Å². The molecule has 3 aromatic carbocycles. The number of nitrogens with one attached hydrogen (secondary N) is 1. The minimum absolute atomic E-state index is 0.0605. The Hall–Kier alpha value is -4.25. The van der Waals surface area contributed by atoms with Crippen LogP contribution in [0.5, 0.6) is 0 Å². The summed E-state index contributed by atoms with van der Waals surface area (Å²) < 4.78 is 24.3. The van der Waals surface area contributed by atoms with E-state index in [0.717, 1.165) is 37.9 Å². The van der Waals surface area contributed by atoms with Crippen LogP contribution in [0.1, 0.15) is 70.6 Å². The van der Waals surface area contributed by atoms with E-state index in [9.17, 15) is 14.4 Å². The van der Waals surface area contributed by atoms with Crippen molar-refractivity contribution in [1.29, 1.82) is 0 Å². The molecule has 0 fully saturated rings. The van der Waals surface area contributed by atoms with Gasteiger partial charge in [0.05, 0.1) is 12.5 Å². The maximum absolute atomic E-state index is 14.6. The summed E-state index contributed by atoms with van der Waals surface area (Å²) in [5.74, 6) is -1.27. The number of hydrogen-bond acceptors (Lipinski definition) is 8. The Morgan fingerprint density at radius 1 is 0.878 bits per heavy atom. The second-order valence-corrected chi connectivity index (χ2v) is 14.0. The van der Waals surface area contributed by atoms with Crippen LogP contribution in [0.3, 0.4) is 0 Å². The van der Waals surface area contributed by atoms with Gasteiger partial charge in [-0.15, -0.1) is 11.3 Å². The zero-order valence-corrected chi connectivity index (χ0v) is 29.9. The summed E-state index contributed by atoms with van der Waals surface area (Å²) in [6.07, 6.45) is -1.93. The largest absolute Gasteiger partial charge is 0.460 e. The number of carbonyl (C=O) groups excluding carboxylic acids is 3. The fraction of sp³-hybridized carbons (Fsp3) is 0.410. The number of benzene rings is 3. The number of esters is 1. The van der Waals surface area contributed by atoms with E-state index in [2.05, 4.69) is 17.4 Å². The van der Waals surface area contributed by atoms with E-state index in [1.54, 1.807) is 37.0 Å². The Labute approximate surface area is 292 Å². The second kappa shape index (κ2) is 16.0. The lowest BCUT2D eigenvalue weighted by molar-refractivity contribution is -0.180. The summed E-state index contributed by atoms with van der Waals surface area (Å²) in [6, 6.07) is 22.3. The number of nitrogens with zero attached hydrogens (tertiary/aromatic N) is 1. The van der Waals surface area contributed by atoms with Crippen molar-refractivity contribution in [3.63, 3.8) is 0 Å². The zero-order valence-electron chi connectivity index (χ0n) is 29.1. The van der Waals surface area contributed by atoms with Gasteiger partial charge in [0.25, 0.3) is 0 Å². The molecule has 0 saturated heterocycles. The molecule has 2 unspecified atom stereocenters. The van der Waals surface area contributed by atoms with Gasteiger partial charge in [-0.25, -0.2) is 4.79 Å². The van der Waals surface area contributed by atoms with Gasteiger partial charge in [0.15, 0.2) is 6.29 Å². The van der Waals surface area contributed by atoms with Crippen molar-refractivity contribution in [2.75, 3.05) is 19.8 Å². The minimum atomic E-state index is -1.28. The number of ether oxygens (including phenoxy) is 4. The third-order valence-electron chi connectivity index (χ3n) is 8.46. The summed E-state index contributed by atoms with van der Waals surface area (Å²) in [6.45, 7) is 11.9. The number of rotatable bonds is 14. The molecule has 0 spiro atoms. The summed E-state index contributed by atoms with van der Waals surface area (Å²) in [7, 11) is 0. The fourth-order valence-electron chi connectivity index (χ4n) is 6.30. The van der Waals surface area contributed by atoms with E-state index in [1.165, 1.54) is 0 Å². The van der Waals surface area contributed by atoms with Gasteiger partial charge in [0.2, 0.25) is 5.91 Å². The highest BCUT2D eigenvalue weighted by atomic mass is 32.1. The van der Waals surface area contributed by atoms with Gasteiger partial charge < -0.3 is 29.2 Å². The summed E-state index contributed by atoms with van der Waals surface area (Å²) in [4.78, 5) is 43.0. The summed E-state index contributed by atoms with van der Waals surface area (Å²) >= 11 is 1.59. The van der Waals surface area contributed by atoms with Gasteiger partial charge in [-0.05, 0) is 86.2 Å². The molecular weight excluding hydrogens is 641 g/mol. The first kappa shape index (κ1) is 36.0. The van der Waals surface area contributed by atoms with E-state index < -0.39 is 41.9 Å². The van der Waals surface area contributed by atoms with Gasteiger partial charge in [-0.2, -0.15) is 0 Å². The Kier molecular flexibility index (Phi) is 11.7. The number of hydrogen-bond donors (Lipinski definition) is 1. The molecule has 260 valence electrons. The highest BCUT2D eigenvalue weighted by Gasteiger charge is 2.37. The van der Waals surface area contributed by atoms with Crippen molar-refractivity contribution in [3.8, 4) is 11.1 Å². The fourth-order valence-corrected chi connectivity index (χ4v) is 7.25. The normalized spacial score (nSPS) is 13.9. The third-order valence-corrected chi connectivity index (χ3v) is 9.47. The molecule has 1 aromatic heterocycles. The molecule has 1 N–H and O–H groups in total. The van der Waals surface area contributed by atoms with E-state index >= 15 is 0 Å². The van der Waals surface area contributed by atoms with Crippen molar-refractivity contribution < 1.29 is 33.3 Å². The number of carbonyl (C=O) groups is 3. The number of thiophene rings is 1. The molecule has 49 heavy (non-hydrogen) atoms. The molecule has 5 rings (SSSR count). The Bertz CT molecular complexity index is 1710. The average molecular weight is 687 g/mol. The van der Waals surface area contributed by atoms with Crippen LogP contribution in [0.2, 0.25) is 0 Å². The average Bonchev–Trinajstić information content (AvgIpc) is 3.63. The maximum atomic E-state index is 14.6. The third kappa shape index (κ3) is 8.68. The molecular formula is C39H46N2O7S. The molecule has 0 bridgehead atoms. The van der Waals surface area contributed by atoms with Crippen LogP contribution < -0.4 is 5.32 Å². The molecule has 0 aliphatic heterocycles. The molecule has 4 aromatic rings. The van der Waals surface area contributed by atoms with Crippen molar-refractivity contribution in [1.82, 2.24) is 10.2 Å². The predicted molar refractivity (Wildman–Crippen MR) is 191 cm³/mol. The van der Waals surface area contributed by atoms with Gasteiger partial charge in [-0.3, -0.25) is 9.59 Å². The highest BCUT2D eigenvalue weighted by Crippen LogP contribution is 2.44. The standard InChI is InChI=1S/C39H46N2O7S/c1-7-45-37(46-8-2)25(3)41(22-26-24-49-34-20-14-13-15-27(26)34)36(43)33(21-35(42)48-39(4,5)6)40-38(44)47-23-32-30-18-11-9-16-28(30)29-17-10-12-19-31(29)32/h9-20,24-25,32-33,37H,7-8,21-23H2,1-6H3,(H,40,44). The van der Waals surface area contributed by atoms with Gasteiger partial charge in [-0.1, -0.05) is 66.7 Å². The molecule has 0 saturated carbocycles. The van der Waals surface area contributed by atoms with Crippen LogP contribution in [0.25, 0.3) is 21.2 Å². The first-order valence-corrected chi connectivity index (χ1v) is 17.7. The van der Waals surface area contributed by atoms with E-state index in [4.69, 9.17) is 18.9 Å². The lowest BCUT2D eigenvalue weighted by atomic mass is 9.98. The molecule has 0 radical (unpaired) electrons. The van der Waals surface area contributed by atoms with E-state index in [1.807, 2.05) is 86.8 Å². The maximum Gasteiger partial charge on any atom is 0.407 e.